The second-order valence-electron chi connectivity index (χ2n) is 16.1. The van der Waals surface area contributed by atoms with E-state index >= 15 is 0 Å². The zero-order chi connectivity index (χ0) is 36.3. The van der Waals surface area contributed by atoms with Crippen LogP contribution in [0.4, 0.5) is 0 Å². The van der Waals surface area contributed by atoms with Gasteiger partial charge in [0.1, 0.15) is 0 Å². The van der Waals surface area contributed by atoms with Gasteiger partial charge in [-0.3, -0.25) is 4.99 Å². The maximum atomic E-state index is 5.89. The summed E-state index contributed by atoms with van der Waals surface area (Å²) in [5.41, 5.74) is 16.6. The van der Waals surface area contributed by atoms with E-state index in [9.17, 15) is 0 Å². The Hall–Kier alpha value is -6.05. The minimum Gasteiger partial charge on any atom is -0.280 e. The smallest absolute Gasteiger partial charge is 0.0824 e. The van der Waals surface area contributed by atoms with E-state index in [1.165, 1.54) is 93.7 Å². The largest absolute Gasteiger partial charge is 0.280 e. The molecule has 0 amide bonds. The van der Waals surface area contributed by atoms with E-state index in [0.717, 1.165) is 25.7 Å². The first-order valence-corrected chi connectivity index (χ1v) is 20.3. The molecule has 1 aliphatic heterocycles. The summed E-state index contributed by atoms with van der Waals surface area (Å²) in [6.45, 7) is 2.36. The zero-order valence-corrected chi connectivity index (χ0v) is 31.1. The fraction of sp³-hybridized carbons (Fsp3) is 0.167. The van der Waals surface area contributed by atoms with Crippen LogP contribution in [0.1, 0.15) is 71.9 Å². The van der Waals surface area contributed by atoms with Crippen molar-refractivity contribution >= 4 is 43.6 Å². The summed E-state index contributed by atoms with van der Waals surface area (Å²) in [4.78, 5) is 5.89. The SMILES string of the molecule is CCC1c2ccccc2C(C2C=CC=CC2)=NC1C1=CCCC2=C1c1ccccc1C21c2ccccc2-c2cc3c4ccccc4c4ccccc4c3cc21. The van der Waals surface area contributed by atoms with Gasteiger partial charge in [0.15, 0.2) is 0 Å². The number of fused-ring (bicyclic) bond motifs is 16. The van der Waals surface area contributed by atoms with Gasteiger partial charge in [0.05, 0.1) is 17.2 Å². The van der Waals surface area contributed by atoms with Gasteiger partial charge in [-0.15, -0.1) is 0 Å². The average Bonchev–Trinajstić information content (AvgIpc) is 3.72. The van der Waals surface area contributed by atoms with Gasteiger partial charge in [-0.25, -0.2) is 0 Å². The number of benzene rings is 7. The normalized spacial score (nSPS) is 23.1. The van der Waals surface area contributed by atoms with E-state index in [1.807, 2.05) is 0 Å². The lowest BCUT2D eigenvalue weighted by Gasteiger charge is -2.38. The fourth-order valence-corrected chi connectivity index (χ4v) is 11.6. The van der Waals surface area contributed by atoms with E-state index in [1.54, 1.807) is 5.57 Å². The lowest BCUT2D eigenvalue weighted by atomic mass is 9.67. The topological polar surface area (TPSA) is 12.4 Å². The van der Waals surface area contributed by atoms with Crippen molar-refractivity contribution in [1.29, 1.82) is 0 Å². The van der Waals surface area contributed by atoms with Crippen LogP contribution in [0, 0.1) is 5.92 Å². The van der Waals surface area contributed by atoms with Crippen molar-refractivity contribution < 1.29 is 0 Å². The number of allylic oxidation sites excluding steroid dienone is 6. The maximum Gasteiger partial charge on any atom is 0.0824 e. The first-order valence-electron chi connectivity index (χ1n) is 20.3. The van der Waals surface area contributed by atoms with Crippen LogP contribution in [0.3, 0.4) is 0 Å². The average molecular weight is 704 g/mol. The van der Waals surface area contributed by atoms with Gasteiger partial charge in [0.2, 0.25) is 0 Å². The molecule has 0 saturated heterocycles. The van der Waals surface area contributed by atoms with Crippen molar-refractivity contribution in [3.8, 4) is 11.1 Å². The van der Waals surface area contributed by atoms with Crippen molar-refractivity contribution in [2.45, 2.75) is 50.0 Å². The molecule has 1 heterocycles. The fourth-order valence-electron chi connectivity index (χ4n) is 11.6. The molecule has 1 heteroatoms. The van der Waals surface area contributed by atoms with Crippen molar-refractivity contribution in [2.24, 2.45) is 10.9 Å². The predicted molar refractivity (Wildman–Crippen MR) is 231 cm³/mol. The molecule has 4 atom stereocenters. The van der Waals surface area contributed by atoms with Gasteiger partial charge in [-0.1, -0.05) is 159 Å². The Morgan fingerprint density at radius 2 is 1.22 bits per heavy atom. The summed E-state index contributed by atoms with van der Waals surface area (Å²) in [7, 11) is 0. The zero-order valence-electron chi connectivity index (χ0n) is 31.1. The molecule has 0 fully saturated rings. The molecule has 0 bridgehead atoms. The van der Waals surface area contributed by atoms with Gasteiger partial charge in [0.25, 0.3) is 0 Å². The third-order valence-corrected chi connectivity index (χ3v) is 13.7. The highest BCUT2D eigenvalue weighted by atomic mass is 14.8. The van der Waals surface area contributed by atoms with Gasteiger partial charge in [-0.05, 0) is 131 Å². The van der Waals surface area contributed by atoms with Crippen LogP contribution in [0.25, 0.3) is 49.0 Å². The van der Waals surface area contributed by atoms with Crippen LogP contribution in [0.5, 0.6) is 0 Å². The second-order valence-corrected chi connectivity index (χ2v) is 16.1. The molecule has 7 aromatic rings. The quantitative estimate of drug-likeness (QED) is 0.163. The van der Waals surface area contributed by atoms with Crippen molar-refractivity contribution in [2.75, 3.05) is 0 Å². The Morgan fingerprint density at radius 1 is 0.600 bits per heavy atom. The minimum absolute atomic E-state index is 0.0609. The molecule has 55 heavy (non-hydrogen) atoms. The number of hydrogen-bond donors (Lipinski definition) is 0. The molecule has 262 valence electrons. The lowest BCUT2D eigenvalue weighted by molar-refractivity contribution is 0.563. The summed E-state index contributed by atoms with van der Waals surface area (Å²) in [5, 5.41) is 7.98. The van der Waals surface area contributed by atoms with Crippen molar-refractivity contribution in [3.63, 3.8) is 0 Å². The van der Waals surface area contributed by atoms with E-state index in [4.69, 9.17) is 4.99 Å². The highest BCUT2D eigenvalue weighted by Crippen LogP contribution is 2.66. The number of aliphatic imine (C=N–C) groups is 1. The van der Waals surface area contributed by atoms with E-state index in [2.05, 4.69) is 171 Å². The number of rotatable bonds is 3. The molecule has 0 N–H and O–H groups in total. The number of hydrogen-bond acceptors (Lipinski definition) is 1. The lowest BCUT2D eigenvalue weighted by Crippen LogP contribution is -2.32. The van der Waals surface area contributed by atoms with Gasteiger partial charge in [0, 0.05) is 11.8 Å². The summed E-state index contributed by atoms with van der Waals surface area (Å²) in [6, 6.07) is 51.1. The summed E-state index contributed by atoms with van der Waals surface area (Å²) in [5.74, 6) is 0.607. The third kappa shape index (κ3) is 4.11. The third-order valence-electron chi connectivity index (χ3n) is 13.7. The monoisotopic (exact) mass is 703 g/mol. The van der Waals surface area contributed by atoms with Crippen LogP contribution < -0.4 is 0 Å². The van der Waals surface area contributed by atoms with Crippen LogP contribution in [0.2, 0.25) is 0 Å². The number of nitrogens with zero attached hydrogens (tertiary/aromatic N) is 1. The molecule has 1 nitrogen and oxygen atoms in total. The molecule has 12 rings (SSSR count). The van der Waals surface area contributed by atoms with Crippen LogP contribution in [-0.2, 0) is 5.41 Å². The van der Waals surface area contributed by atoms with Crippen LogP contribution in [-0.4, -0.2) is 11.8 Å². The Labute approximate surface area is 322 Å². The molecule has 0 saturated carbocycles. The summed E-state index contributed by atoms with van der Waals surface area (Å²) in [6.07, 6.45) is 15.7. The minimum atomic E-state index is -0.365. The molecule has 0 aromatic heterocycles. The molecule has 4 unspecified atom stereocenters. The summed E-state index contributed by atoms with van der Waals surface area (Å²) >= 11 is 0. The van der Waals surface area contributed by atoms with Crippen molar-refractivity contribution in [1.82, 2.24) is 0 Å². The van der Waals surface area contributed by atoms with E-state index < -0.39 is 0 Å². The standard InChI is InChI=1S/C54H41N/c1-2-34-35-19-10-11-25-41(35)52(33-17-4-3-5-18-33)55-53(34)43-27-16-30-49-51(43)42-26-13-15-29-48(42)54(49)47-28-14-12-24-40(47)46-31-44-38-22-8-6-20-36(38)37-21-7-9-23-39(37)45(44)32-50(46)54/h3-15,17,19-29,31-34,53H,2,16,18,30H2,1H3. The highest BCUT2D eigenvalue weighted by molar-refractivity contribution is 6.26. The van der Waals surface area contributed by atoms with Gasteiger partial charge in [-0.2, -0.15) is 0 Å². The van der Waals surface area contributed by atoms with E-state index in [-0.39, 0.29) is 11.5 Å². The molecular weight excluding hydrogens is 663 g/mol. The molecule has 7 aromatic carbocycles. The Bertz CT molecular complexity index is 2960. The van der Waals surface area contributed by atoms with Gasteiger partial charge < -0.3 is 0 Å². The first-order chi connectivity index (χ1) is 27.3. The first kappa shape index (κ1) is 31.3. The summed E-state index contributed by atoms with van der Waals surface area (Å²) < 4.78 is 0. The predicted octanol–water partition coefficient (Wildman–Crippen LogP) is 13.4. The second kappa shape index (κ2) is 11.7. The Morgan fingerprint density at radius 3 is 1.93 bits per heavy atom. The van der Waals surface area contributed by atoms with E-state index in [0.29, 0.717) is 11.8 Å². The molecular formula is C54H41N. The molecule has 0 radical (unpaired) electrons. The van der Waals surface area contributed by atoms with Crippen LogP contribution in [0.15, 0.2) is 180 Å². The maximum absolute atomic E-state index is 5.89. The Balaban J connectivity index is 1.15. The Kier molecular flexibility index (Phi) is 6.68. The molecule has 5 aliphatic rings. The highest BCUT2D eigenvalue weighted by Gasteiger charge is 2.54. The van der Waals surface area contributed by atoms with Crippen molar-refractivity contribution in [3.05, 3.63) is 208 Å². The van der Waals surface area contributed by atoms with Gasteiger partial charge >= 0.3 is 0 Å². The molecule has 4 aliphatic carbocycles. The van der Waals surface area contributed by atoms with Crippen LogP contribution >= 0.6 is 0 Å². The molecule has 1 spiro atoms.